The molecule has 0 bridgehead atoms. The Bertz CT molecular complexity index is 975. The number of hydrogen-bond donors (Lipinski definition) is 2. The van der Waals surface area contributed by atoms with Gasteiger partial charge in [0.05, 0.1) is 11.9 Å². The van der Waals surface area contributed by atoms with E-state index in [1.54, 1.807) is 24.2 Å². The highest BCUT2D eigenvalue weighted by molar-refractivity contribution is 5.92. The summed E-state index contributed by atoms with van der Waals surface area (Å²) in [4.78, 5) is 35.2. The van der Waals surface area contributed by atoms with Crippen LogP contribution in [0.5, 0.6) is 0 Å². The summed E-state index contributed by atoms with van der Waals surface area (Å²) in [5, 5.41) is 5.70. The van der Waals surface area contributed by atoms with Gasteiger partial charge in [0.25, 0.3) is 5.91 Å². The van der Waals surface area contributed by atoms with Crippen LogP contribution in [0.15, 0.2) is 54.2 Å². The number of amides is 3. The standard InChI is InChI=1S/C25H34N6O2/c1-5-19-14-23(28-25(33)31(19)17(2)3)18-8-11-30(16-18)20-9-12-29(13-10-20)21-6-7-22(27-15-21)24(32)26-4/h5-7,14-15,18,20H,2,8-13,16H2,1,3-4H3,(H,26,32)(H,28,33)/b19-5-. The van der Waals surface area contributed by atoms with Crippen LogP contribution in [0.1, 0.15) is 43.6 Å². The third kappa shape index (κ3) is 4.80. The summed E-state index contributed by atoms with van der Waals surface area (Å²) in [6.45, 7) is 11.7. The number of carbonyl (C=O) groups is 2. The van der Waals surface area contributed by atoms with E-state index in [1.807, 2.05) is 26.0 Å². The van der Waals surface area contributed by atoms with Crippen molar-refractivity contribution in [2.75, 3.05) is 38.1 Å². The van der Waals surface area contributed by atoms with Gasteiger partial charge in [0.1, 0.15) is 5.69 Å². The van der Waals surface area contributed by atoms with Gasteiger partial charge in [0.2, 0.25) is 0 Å². The molecular weight excluding hydrogens is 416 g/mol. The van der Waals surface area contributed by atoms with E-state index in [9.17, 15) is 9.59 Å². The van der Waals surface area contributed by atoms with Gasteiger partial charge in [-0.15, -0.1) is 0 Å². The van der Waals surface area contributed by atoms with E-state index in [-0.39, 0.29) is 11.9 Å². The minimum Gasteiger partial charge on any atom is -0.370 e. The number of nitrogens with zero attached hydrogens (tertiary/aromatic N) is 4. The number of rotatable bonds is 5. The summed E-state index contributed by atoms with van der Waals surface area (Å²) >= 11 is 0. The lowest BCUT2D eigenvalue weighted by Gasteiger charge is -2.38. The number of hydrogen-bond acceptors (Lipinski definition) is 5. The topological polar surface area (TPSA) is 80.8 Å². The summed E-state index contributed by atoms with van der Waals surface area (Å²) < 4.78 is 0. The van der Waals surface area contributed by atoms with Gasteiger partial charge >= 0.3 is 6.03 Å². The van der Waals surface area contributed by atoms with Gasteiger partial charge in [-0.25, -0.2) is 9.78 Å². The highest BCUT2D eigenvalue weighted by Gasteiger charge is 2.35. The van der Waals surface area contributed by atoms with Gasteiger partial charge in [-0.1, -0.05) is 12.7 Å². The Balaban J connectivity index is 1.33. The molecule has 1 atom stereocenters. The maximum Gasteiger partial charge on any atom is 0.330 e. The lowest BCUT2D eigenvalue weighted by molar-refractivity contribution is 0.0958. The molecule has 8 nitrogen and oxygen atoms in total. The first-order valence-corrected chi connectivity index (χ1v) is 11.7. The lowest BCUT2D eigenvalue weighted by atomic mass is 10.0. The first kappa shape index (κ1) is 23.0. The zero-order valence-corrected chi connectivity index (χ0v) is 19.8. The molecule has 0 aromatic carbocycles. The zero-order chi connectivity index (χ0) is 23.5. The third-order valence-corrected chi connectivity index (χ3v) is 6.91. The fourth-order valence-electron chi connectivity index (χ4n) is 5.08. The Morgan fingerprint density at radius 3 is 2.61 bits per heavy atom. The number of aromatic nitrogens is 1. The molecule has 33 heavy (non-hydrogen) atoms. The Labute approximate surface area is 196 Å². The predicted molar refractivity (Wildman–Crippen MR) is 130 cm³/mol. The van der Waals surface area contributed by atoms with Crippen LogP contribution in [0.3, 0.4) is 0 Å². The van der Waals surface area contributed by atoms with E-state index in [2.05, 4.69) is 38.1 Å². The number of likely N-dealkylation sites (tertiary alicyclic amines) is 1. The summed E-state index contributed by atoms with van der Waals surface area (Å²) in [6.07, 6.45) is 9.11. The molecule has 3 aliphatic rings. The van der Waals surface area contributed by atoms with Crippen molar-refractivity contribution in [1.29, 1.82) is 0 Å². The van der Waals surface area contributed by atoms with Crippen molar-refractivity contribution in [3.8, 4) is 0 Å². The number of carbonyl (C=O) groups excluding carboxylic acids is 2. The largest absolute Gasteiger partial charge is 0.370 e. The van der Waals surface area contributed by atoms with Crippen LogP contribution in [0.2, 0.25) is 0 Å². The van der Waals surface area contributed by atoms with Crippen molar-refractivity contribution < 1.29 is 9.59 Å². The van der Waals surface area contributed by atoms with Crippen LogP contribution in [0.4, 0.5) is 10.5 Å². The molecule has 0 radical (unpaired) electrons. The number of pyridine rings is 1. The Morgan fingerprint density at radius 2 is 2.00 bits per heavy atom. The van der Waals surface area contributed by atoms with E-state index in [4.69, 9.17) is 0 Å². The molecule has 2 saturated heterocycles. The number of anilines is 1. The Hall–Kier alpha value is -3.13. The van der Waals surface area contributed by atoms with Gasteiger partial charge in [0, 0.05) is 55.7 Å². The summed E-state index contributed by atoms with van der Waals surface area (Å²) in [5.41, 5.74) is 4.14. The quantitative estimate of drug-likeness (QED) is 0.721. The SMILES string of the molecule is C=C(C)N1C(=O)NC(C2CCN(C3CCN(c4ccc(C(=O)NC)nc4)CC3)C2)=C/C1=C/C. The molecular formula is C25H34N6O2. The molecule has 4 rings (SSSR count). The van der Waals surface area contributed by atoms with Crippen LogP contribution in [-0.2, 0) is 0 Å². The van der Waals surface area contributed by atoms with Gasteiger partial charge in [-0.3, -0.25) is 14.6 Å². The molecule has 1 aromatic heterocycles. The summed E-state index contributed by atoms with van der Waals surface area (Å²) in [5.74, 6) is 0.178. The molecule has 0 spiro atoms. The summed E-state index contributed by atoms with van der Waals surface area (Å²) in [6, 6.07) is 4.20. The number of allylic oxidation sites excluding steroid dienone is 3. The second kappa shape index (κ2) is 9.79. The van der Waals surface area contributed by atoms with Crippen molar-refractivity contribution in [2.45, 2.75) is 39.2 Å². The zero-order valence-electron chi connectivity index (χ0n) is 19.8. The predicted octanol–water partition coefficient (Wildman–Crippen LogP) is 3.08. The molecule has 0 aliphatic carbocycles. The van der Waals surface area contributed by atoms with E-state index in [0.29, 0.717) is 23.4 Å². The maximum absolute atomic E-state index is 12.6. The lowest BCUT2D eigenvalue weighted by Crippen LogP contribution is -2.45. The molecule has 3 aliphatic heterocycles. The van der Waals surface area contributed by atoms with Crippen molar-refractivity contribution in [1.82, 2.24) is 25.4 Å². The first-order valence-electron chi connectivity index (χ1n) is 11.7. The first-order chi connectivity index (χ1) is 15.9. The summed E-state index contributed by atoms with van der Waals surface area (Å²) in [7, 11) is 1.61. The Morgan fingerprint density at radius 1 is 1.24 bits per heavy atom. The van der Waals surface area contributed by atoms with Crippen molar-refractivity contribution in [3.63, 3.8) is 0 Å². The molecule has 0 saturated carbocycles. The van der Waals surface area contributed by atoms with Crippen LogP contribution in [0.25, 0.3) is 0 Å². The van der Waals surface area contributed by atoms with Gasteiger partial charge < -0.3 is 15.5 Å². The third-order valence-electron chi connectivity index (χ3n) is 6.91. The average molecular weight is 451 g/mol. The van der Waals surface area contributed by atoms with Gasteiger partial charge in [-0.05, 0) is 57.9 Å². The van der Waals surface area contributed by atoms with Gasteiger partial charge in [0.15, 0.2) is 0 Å². The van der Waals surface area contributed by atoms with E-state index >= 15 is 0 Å². The van der Waals surface area contributed by atoms with Crippen molar-refractivity contribution >= 4 is 17.6 Å². The van der Waals surface area contributed by atoms with Crippen LogP contribution in [-0.4, -0.2) is 66.0 Å². The maximum atomic E-state index is 12.6. The van der Waals surface area contributed by atoms with Crippen molar-refractivity contribution in [3.05, 3.63) is 59.8 Å². The molecule has 4 heterocycles. The fourth-order valence-corrected chi connectivity index (χ4v) is 5.08. The molecule has 176 valence electrons. The molecule has 1 aromatic rings. The molecule has 3 amide bonds. The molecule has 8 heteroatoms. The van der Waals surface area contributed by atoms with E-state index in [1.165, 1.54) is 0 Å². The number of piperidine rings is 1. The van der Waals surface area contributed by atoms with Crippen molar-refractivity contribution in [2.24, 2.45) is 5.92 Å². The second-order valence-corrected chi connectivity index (χ2v) is 8.99. The highest BCUT2D eigenvalue weighted by Crippen LogP contribution is 2.31. The normalized spacial score (nSPS) is 23.5. The van der Waals surface area contributed by atoms with E-state index < -0.39 is 0 Å². The molecule has 2 fully saturated rings. The molecule has 1 unspecified atom stereocenters. The van der Waals surface area contributed by atoms with Crippen LogP contribution < -0.4 is 15.5 Å². The number of urea groups is 1. The second-order valence-electron chi connectivity index (χ2n) is 8.99. The fraction of sp³-hybridized carbons (Fsp3) is 0.480. The van der Waals surface area contributed by atoms with Gasteiger partial charge in [-0.2, -0.15) is 0 Å². The van der Waals surface area contributed by atoms with Crippen LogP contribution >= 0.6 is 0 Å². The minimum atomic E-state index is -0.165. The molecule has 2 N–H and O–H groups in total. The minimum absolute atomic E-state index is 0.115. The monoisotopic (exact) mass is 450 g/mol. The van der Waals surface area contributed by atoms with E-state index in [0.717, 1.165) is 62.5 Å². The van der Waals surface area contributed by atoms with Crippen LogP contribution in [0, 0.1) is 5.92 Å². The number of nitrogens with one attached hydrogen (secondary N) is 2. The smallest absolute Gasteiger partial charge is 0.330 e. The average Bonchev–Trinajstić information content (AvgIpc) is 3.33. The Kier molecular flexibility index (Phi) is 6.83. The highest BCUT2D eigenvalue weighted by atomic mass is 16.2.